The average molecular weight is 1790 g/mol. The number of ether oxygens (including phenoxy) is 4. The van der Waals surface area contributed by atoms with Gasteiger partial charge in [-0.1, -0.05) is 71.7 Å². The van der Waals surface area contributed by atoms with Gasteiger partial charge >= 0.3 is 13.2 Å². The van der Waals surface area contributed by atoms with E-state index in [4.69, 9.17) is 37.4 Å². The van der Waals surface area contributed by atoms with Crippen molar-refractivity contribution >= 4 is 128 Å². The molecule has 0 saturated carbocycles. The molecule has 0 spiro atoms. The fourth-order valence-corrected chi connectivity index (χ4v) is 18.1. The molecule has 6 N–H and O–H groups in total. The molecule has 6 aromatic carbocycles. The minimum atomic E-state index is -3.69. The summed E-state index contributed by atoms with van der Waals surface area (Å²) in [5.74, 6) is 1.58. The molecular weight excluding hydrogens is 1680 g/mol. The third-order valence-corrected chi connectivity index (χ3v) is 28.6. The van der Waals surface area contributed by atoms with E-state index in [1.54, 1.807) is 122 Å². The Kier molecular flexibility index (Phi) is 33.0. The van der Waals surface area contributed by atoms with Crippen molar-refractivity contribution in [3.05, 3.63) is 167 Å². The normalized spacial score (nSPS) is 14.9. The van der Waals surface area contributed by atoms with Crippen LogP contribution in [-0.4, -0.2) is 223 Å². The predicted octanol–water partition coefficient (Wildman–Crippen LogP) is 16.9. The number of rotatable bonds is 32. The molecule has 0 radical (unpaired) electrons. The van der Waals surface area contributed by atoms with Gasteiger partial charge in [-0.3, -0.25) is 9.80 Å². The maximum absolute atomic E-state index is 13.4. The van der Waals surface area contributed by atoms with E-state index in [1.165, 1.54) is 49.0 Å². The van der Waals surface area contributed by atoms with Crippen molar-refractivity contribution in [2.24, 2.45) is 0 Å². The van der Waals surface area contributed by atoms with Crippen LogP contribution in [0.15, 0.2) is 155 Å². The highest BCUT2D eigenvalue weighted by atomic mass is 35.5. The molecule has 37 heteroatoms. The molecule has 0 amide bonds. The average Bonchev–Trinajstić information content (AvgIpc) is 0.815. The van der Waals surface area contributed by atoms with Gasteiger partial charge in [0, 0.05) is 56.1 Å². The number of aromatic nitrogens is 6. The zero-order valence-electron chi connectivity index (χ0n) is 71.2. The standard InChI is InChI=1S/C29H38F2N6O4S.C28H35ClF2N6O3S.C28H37ClN6O3S/c1-19(2)42(38,39)26-9-7-6-8-23(26)33-27-25(41-28(30)31)17-32-29(35-27)34-22-11-10-20(16-24(22)40-5)18-37-14-12-21(13-15-37)36(3)4;1-17(2)41(38,39)25-9-7-6-8-21(25)33-26-20(29)16-32-28(35-26)34-22-14-18(3)23(15-24(22)40-27(30)31)37-12-10-19(11-13-37)36(4)5;1-19(2)39(36,37)26-9-7-6-8-24(26)31-27-22(29)17-30-28(33-27)32-23-11-10-20(16-25(23)38-5)18-35-14-12-21(13-15-35)34(3)4/h6-11,16-17,19,21,28H,12-15,18H2,1-5H3,(H2,32,33,34,35);6-9,14-17,19,27H,10-13H2,1-5H3,(H2,32,33,34,35);6-11,16-17,19,21H,12-15,18H2,1-5H3,(H2,30,31,32,33). The predicted molar refractivity (Wildman–Crippen MR) is 475 cm³/mol. The summed E-state index contributed by atoms with van der Waals surface area (Å²) in [5, 5.41) is 16.7. The molecule has 9 aromatic rings. The molecule has 3 aromatic heterocycles. The van der Waals surface area contributed by atoms with Crippen molar-refractivity contribution in [2.75, 3.05) is 133 Å². The third-order valence-electron chi connectivity index (χ3n) is 21.4. The molecule has 3 aliphatic rings. The van der Waals surface area contributed by atoms with Gasteiger partial charge < -0.3 is 70.4 Å². The van der Waals surface area contributed by atoms with Gasteiger partial charge in [0.1, 0.15) is 21.5 Å². The van der Waals surface area contributed by atoms with Gasteiger partial charge in [0.15, 0.2) is 58.5 Å². The van der Waals surface area contributed by atoms with Crippen LogP contribution in [0.3, 0.4) is 0 Å². The number of para-hydroxylation sites is 3. The number of hydrogen-bond acceptors (Lipinski definition) is 28. The SMILES string of the molecule is COc1cc(CN2CCC(N(C)C)CC2)ccc1Nc1ncc(Cl)c(Nc2ccccc2S(=O)(=O)C(C)C)n1.COc1cc(CN2CCC(N(C)C)CC2)ccc1Nc1ncc(OC(F)F)c(Nc2ccccc2S(=O)(=O)C(C)C)n1.Cc1cc(Nc2ncc(Cl)c(Nc3ccccc3S(=O)(=O)C(C)C)n2)c(OC(F)F)cc1N1CCC(N(C)C)CC1. The third kappa shape index (κ3) is 24.8. The minimum absolute atomic E-state index is 0.0133. The first-order valence-electron chi connectivity index (χ1n) is 40.0. The number of methoxy groups -OCH3 is 2. The Balaban J connectivity index is 0.000000192. The van der Waals surface area contributed by atoms with Crippen molar-refractivity contribution in [2.45, 2.75) is 162 Å². The molecule has 12 rings (SSSR count). The van der Waals surface area contributed by atoms with Gasteiger partial charge in [-0.25, -0.2) is 40.2 Å². The van der Waals surface area contributed by atoms with E-state index in [2.05, 4.69) is 144 Å². The van der Waals surface area contributed by atoms with E-state index >= 15 is 0 Å². The number of hydrogen-bond donors (Lipinski definition) is 6. The second-order valence-corrected chi connectivity index (χ2v) is 39.5. The Morgan fingerprint density at radius 2 is 0.754 bits per heavy atom. The number of aryl methyl sites for hydroxylation is 1. The molecule has 3 saturated heterocycles. The topological polar surface area (TPSA) is 308 Å². The first-order valence-corrected chi connectivity index (χ1v) is 45.4. The fraction of sp³-hybridized carbons (Fsp3) is 0.435. The van der Waals surface area contributed by atoms with Crippen molar-refractivity contribution in [1.82, 2.24) is 54.4 Å². The van der Waals surface area contributed by atoms with Crippen molar-refractivity contribution < 1.29 is 61.8 Å². The molecule has 122 heavy (non-hydrogen) atoms. The molecular formula is C85H110Cl2F4N18O10S3. The second-order valence-electron chi connectivity index (χ2n) is 31.3. The van der Waals surface area contributed by atoms with Crippen molar-refractivity contribution in [1.29, 1.82) is 0 Å². The lowest BCUT2D eigenvalue weighted by Gasteiger charge is -2.37. The molecule has 0 atom stereocenters. The Hall–Kier alpha value is -9.69. The summed E-state index contributed by atoms with van der Waals surface area (Å²) >= 11 is 12.7. The van der Waals surface area contributed by atoms with Gasteiger partial charge in [-0.15, -0.1) is 0 Å². The largest absolute Gasteiger partial charge is 0.495 e. The number of benzene rings is 6. The molecule has 28 nitrogen and oxygen atoms in total. The van der Waals surface area contributed by atoms with Gasteiger partial charge in [0.25, 0.3) is 0 Å². The molecule has 6 heterocycles. The lowest BCUT2D eigenvalue weighted by molar-refractivity contribution is -0.0502. The van der Waals surface area contributed by atoms with Gasteiger partial charge in [-0.2, -0.15) is 32.5 Å². The number of likely N-dealkylation sites (tertiary alicyclic amines) is 2. The number of nitrogens with zero attached hydrogens (tertiary/aromatic N) is 12. The summed E-state index contributed by atoms with van der Waals surface area (Å²) < 4.78 is 151. The summed E-state index contributed by atoms with van der Waals surface area (Å²) in [6.45, 7) is 12.8. The summed E-state index contributed by atoms with van der Waals surface area (Å²) in [7, 11) is 5.06. The monoisotopic (exact) mass is 1780 g/mol. The van der Waals surface area contributed by atoms with E-state index in [9.17, 15) is 42.8 Å². The van der Waals surface area contributed by atoms with Crippen LogP contribution in [0.5, 0.6) is 23.0 Å². The smallest absolute Gasteiger partial charge is 0.387 e. The fourth-order valence-electron chi connectivity index (χ4n) is 14.2. The molecule has 0 bridgehead atoms. The quantitative estimate of drug-likeness (QED) is 0.0213. The minimum Gasteiger partial charge on any atom is -0.495 e. The van der Waals surface area contributed by atoms with Gasteiger partial charge in [0.05, 0.1) is 97.4 Å². The molecule has 0 unspecified atom stereocenters. The maximum Gasteiger partial charge on any atom is 0.387 e. The Labute approximate surface area is 723 Å². The summed E-state index contributed by atoms with van der Waals surface area (Å²) in [6.07, 6.45) is 10.4. The highest BCUT2D eigenvalue weighted by Crippen LogP contribution is 2.41. The summed E-state index contributed by atoms with van der Waals surface area (Å²) in [6, 6.07) is 36.3. The number of halogens is 6. The van der Waals surface area contributed by atoms with E-state index in [1.807, 2.05) is 37.3 Å². The van der Waals surface area contributed by atoms with Crippen LogP contribution in [0.1, 0.15) is 96.8 Å². The summed E-state index contributed by atoms with van der Waals surface area (Å²) in [4.78, 5) is 40.1. The van der Waals surface area contributed by atoms with Crippen LogP contribution in [0.25, 0.3) is 0 Å². The van der Waals surface area contributed by atoms with E-state index in [0.717, 1.165) is 101 Å². The first-order chi connectivity index (χ1) is 57.9. The highest BCUT2D eigenvalue weighted by Gasteiger charge is 2.31. The zero-order valence-corrected chi connectivity index (χ0v) is 75.2. The van der Waals surface area contributed by atoms with Crippen molar-refractivity contribution in [3.8, 4) is 23.0 Å². The van der Waals surface area contributed by atoms with Crippen molar-refractivity contribution in [3.63, 3.8) is 0 Å². The van der Waals surface area contributed by atoms with E-state index in [-0.39, 0.29) is 77.0 Å². The number of anilines is 13. The maximum atomic E-state index is 13.4. The lowest BCUT2D eigenvalue weighted by Crippen LogP contribution is -2.42. The molecule has 660 valence electrons. The van der Waals surface area contributed by atoms with Crippen LogP contribution in [0, 0.1) is 6.92 Å². The Morgan fingerprint density at radius 1 is 0.418 bits per heavy atom. The summed E-state index contributed by atoms with van der Waals surface area (Å²) in [5.41, 5.74) is 6.37. The molecule has 3 fully saturated rings. The Morgan fingerprint density at radius 3 is 1.11 bits per heavy atom. The van der Waals surface area contributed by atoms with Gasteiger partial charge in [0.2, 0.25) is 17.8 Å². The van der Waals surface area contributed by atoms with Crippen LogP contribution >= 0.6 is 23.2 Å². The van der Waals surface area contributed by atoms with Crippen LogP contribution in [0.4, 0.5) is 92.7 Å². The molecule has 3 aliphatic heterocycles. The van der Waals surface area contributed by atoms with E-state index < -0.39 is 58.5 Å². The number of nitrogens with one attached hydrogen (secondary N) is 6. The van der Waals surface area contributed by atoms with Crippen LogP contribution < -0.4 is 55.7 Å². The first kappa shape index (κ1) is 94.6. The number of piperidine rings is 3. The lowest BCUT2D eigenvalue weighted by atomic mass is 10.0. The number of sulfone groups is 3. The van der Waals surface area contributed by atoms with Crippen LogP contribution in [-0.2, 0) is 42.6 Å². The van der Waals surface area contributed by atoms with Gasteiger partial charge in [-0.05, 0) is 239 Å². The zero-order chi connectivity index (χ0) is 88.5. The molecule has 0 aliphatic carbocycles. The second kappa shape index (κ2) is 42.6. The Bertz CT molecular complexity index is 5380. The highest BCUT2D eigenvalue weighted by molar-refractivity contribution is 7.92. The van der Waals surface area contributed by atoms with E-state index in [0.29, 0.717) is 58.3 Å². The number of alkyl halides is 4. The van der Waals surface area contributed by atoms with Crippen LogP contribution in [0.2, 0.25) is 10.0 Å².